The van der Waals surface area contributed by atoms with Crippen molar-refractivity contribution in [1.82, 2.24) is 15.0 Å². The number of halogens is 1. The van der Waals surface area contributed by atoms with Crippen LogP contribution in [0.4, 0.5) is 9.52 Å². The van der Waals surface area contributed by atoms with Gasteiger partial charge in [0, 0.05) is 13.0 Å². The van der Waals surface area contributed by atoms with Crippen molar-refractivity contribution in [2.24, 2.45) is 0 Å². The fourth-order valence-electron chi connectivity index (χ4n) is 3.89. The van der Waals surface area contributed by atoms with E-state index < -0.39 is 11.2 Å². The van der Waals surface area contributed by atoms with E-state index in [0.29, 0.717) is 22.9 Å². The minimum absolute atomic E-state index is 0.0130. The maximum absolute atomic E-state index is 14.3. The van der Waals surface area contributed by atoms with Gasteiger partial charge in [0.1, 0.15) is 5.82 Å². The van der Waals surface area contributed by atoms with Gasteiger partial charge in [0.05, 0.1) is 6.04 Å². The van der Waals surface area contributed by atoms with Crippen molar-refractivity contribution in [3.63, 3.8) is 0 Å². The number of hydrogen-bond acceptors (Lipinski definition) is 6. The number of hydrogen-bond donors (Lipinski definition) is 1. The predicted octanol–water partition coefficient (Wildman–Crippen LogP) is 4.32. The maximum atomic E-state index is 14.3. The van der Waals surface area contributed by atoms with E-state index >= 15 is 0 Å². The summed E-state index contributed by atoms with van der Waals surface area (Å²) in [6.45, 7) is 5.47. The van der Waals surface area contributed by atoms with Crippen LogP contribution in [0.1, 0.15) is 57.3 Å². The summed E-state index contributed by atoms with van der Waals surface area (Å²) in [6, 6.07) is 9.76. The highest BCUT2D eigenvalue weighted by Gasteiger charge is 2.34. The Morgan fingerprint density at radius 3 is 2.77 bits per heavy atom. The summed E-state index contributed by atoms with van der Waals surface area (Å²) in [5.74, 6) is 0.298. The fourth-order valence-corrected chi connectivity index (χ4v) is 4.91. The van der Waals surface area contributed by atoms with Crippen molar-refractivity contribution in [3.05, 3.63) is 52.1 Å². The van der Waals surface area contributed by atoms with Crippen LogP contribution in [0.25, 0.3) is 10.3 Å². The second-order valence-electron chi connectivity index (χ2n) is 8.37. The Morgan fingerprint density at radius 2 is 2.07 bits per heavy atom. The number of H-pyrrole nitrogens is 1. The molecule has 2 aromatic heterocycles. The number of carbonyl (C=O) groups is 1. The normalized spacial score (nSPS) is 18.1. The second kappa shape index (κ2) is 7.91. The van der Waals surface area contributed by atoms with Crippen molar-refractivity contribution in [3.8, 4) is 0 Å². The number of aromatic amines is 1. The molecule has 30 heavy (non-hydrogen) atoms. The lowest BCUT2D eigenvalue weighted by atomic mass is 9.93. The number of benzene rings is 1. The van der Waals surface area contributed by atoms with Gasteiger partial charge in [-0.2, -0.15) is 0 Å². The summed E-state index contributed by atoms with van der Waals surface area (Å²) < 4.78 is 14.3. The van der Waals surface area contributed by atoms with Gasteiger partial charge in [-0.1, -0.05) is 48.6 Å². The molecule has 1 saturated heterocycles. The molecule has 2 atom stereocenters. The number of fused-ring (bicyclic) bond motifs is 1. The summed E-state index contributed by atoms with van der Waals surface area (Å²) in [6.07, 6.45) is 2.11. The number of nitrogens with zero attached hydrogens (tertiary/aromatic N) is 3. The van der Waals surface area contributed by atoms with E-state index in [4.69, 9.17) is 0 Å². The van der Waals surface area contributed by atoms with E-state index in [1.807, 2.05) is 35.2 Å². The number of anilines is 1. The van der Waals surface area contributed by atoms with Crippen LogP contribution < -0.4 is 10.5 Å². The summed E-state index contributed by atoms with van der Waals surface area (Å²) in [4.78, 5) is 39.1. The summed E-state index contributed by atoms with van der Waals surface area (Å²) in [5, 5.41) is 0.597. The van der Waals surface area contributed by atoms with Crippen LogP contribution in [0.15, 0.2) is 35.1 Å². The molecule has 1 N–H and O–H groups in total. The van der Waals surface area contributed by atoms with Crippen LogP contribution in [-0.4, -0.2) is 33.3 Å². The van der Waals surface area contributed by atoms with E-state index in [1.165, 1.54) is 25.2 Å². The van der Waals surface area contributed by atoms with Crippen LogP contribution in [0.5, 0.6) is 0 Å². The van der Waals surface area contributed by atoms with Gasteiger partial charge in [-0.25, -0.2) is 14.4 Å². The lowest BCUT2D eigenvalue weighted by Crippen LogP contribution is -2.36. The van der Waals surface area contributed by atoms with Gasteiger partial charge in [0.15, 0.2) is 26.9 Å². The minimum Gasteiger partial charge on any atom is -0.338 e. The number of aromatic nitrogens is 3. The first-order chi connectivity index (χ1) is 14.2. The third kappa shape index (κ3) is 4.01. The van der Waals surface area contributed by atoms with Crippen molar-refractivity contribution < 1.29 is 9.18 Å². The molecular formula is C22H25FN4O2S. The molecule has 6 nitrogen and oxygen atoms in total. The van der Waals surface area contributed by atoms with Crippen molar-refractivity contribution in [2.75, 3.05) is 11.4 Å². The van der Waals surface area contributed by atoms with E-state index in [0.717, 1.165) is 18.4 Å². The van der Waals surface area contributed by atoms with Crippen LogP contribution in [0.2, 0.25) is 0 Å². The number of Topliss-reactive ketones (excluding diaryl/α,β-unsaturated/α-hetero) is 1. The van der Waals surface area contributed by atoms with Gasteiger partial charge in [-0.3, -0.25) is 9.59 Å². The fraction of sp³-hybridized carbons (Fsp3) is 0.455. The Bertz CT molecular complexity index is 1120. The van der Waals surface area contributed by atoms with E-state index in [-0.39, 0.29) is 29.1 Å². The van der Waals surface area contributed by atoms with Crippen molar-refractivity contribution >= 4 is 32.6 Å². The van der Waals surface area contributed by atoms with Crippen molar-refractivity contribution in [2.45, 2.75) is 57.7 Å². The second-order valence-corrected chi connectivity index (χ2v) is 9.33. The van der Waals surface area contributed by atoms with E-state index in [1.54, 1.807) is 0 Å². The molecule has 0 amide bonds. The van der Waals surface area contributed by atoms with E-state index in [9.17, 15) is 14.0 Å². The van der Waals surface area contributed by atoms with Crippen LogP contribution in [0.3, 0.4) is 0 Å². The molecule has 1 aromatic carbocycles. The standard InChI is InChI=1S/C22H25FN4O2S/c1-13(14-8-5-4-6-9-14)12-16(28)15-10-7-11-27(15)21-24-17-18(29)25-20(22(2,3)23)26-19(17)30-21/h4-6,8-9,13,15H,7,10-12H2,1-3H3,(H,25,26,29)/t13-,15+/m0/s1. The van der Waals surface area contributed by atoms with Crippen LogP contribution in [0, 0.1) is 0 Å². The van der Waals surface area contributed by atoms with Gasteiger partial charge in [0.2, 0.25) is 0 Å². The first kappa shape index (κ1) is 20.7. The molecule has 0 bridgehead atoms. The molecular weight excluding hydrogens is 403 g/mol. The molecule has 1 aliphatic rings. The van der Waals surface area contributed by atoms with Crippen LogP contribution in [-0.2, 0) is 10.5 Å². The zero-order valence-electron chi connectivity index (χ0n) is 17.3. The Hall–Kier alpha value is -2.61. The highest BCUT2D eigenvalue weighted by atomic mass is 32.1. The van der Waals surface area contributed by atoms with Gasteiger partial charge in [0.25, 0.3) is 5.56 Å². The molecule has 4 rings (SSSR count). The third-order valence-corrected chi connectivity index (χ3v) is 6.55. The predicted molar refractivity (Wildman–Crippen MR) is 117 cm³/mol. The smallest absolute Gasteiger partial charge is 0.278 e. The number of nitrogens with one attached hydrogen (secondary N) is 1. The highest BCUT2D eigenvalue weighted by molar-refractivity contribution is 7.21. The average molecular weight is 429 g/mol. The molecule has 3 heterocycles. The monoisotopic (exact) mass is 428 g/mol. The molecule has 3 aromatic rings. The Morgan fingerprint density at radius 1 is 1.33 bits per heavy atom. The summed E-state index contributed by atoms with van der Waals surface area (Å²) in [5.41, 5.74) is -0.869. The first-order valence-electron chi connectivity index (χ1n) is 10.2. The lowest BCUT2D eigenvalue weighted by Gasteiger charge is -2.24. The summed E-state index contributed by atoms with van der Waals surface area (Å²) >= 11 is 1.24. The first-order valence-corrected chi connectivity index (χ1v) is 11.0. The van der Waals surface area contributed by atoms with Gasteiger partial charge < -0.3 is 9.88 Å². The maximum Gasteiger partial charge on any atom is 0.278 e. The average Bonchev–Trinajstić information content (AvgIpc) is 3.35. The zero-order chi connectivity index (χ0) is 21.5. The number of thiazole rings is 1. The Kier molecular flexibility index (Phi) is 5.44. The largest absolute Gasteiger partial charge is 0.338 e. The minimum atomic E-state index is -1.75. The Balaban J connectivity index is 1.58. The zero-order valence-corrected chi connectivity index (χ0v) is 18.1. The van der Waals surface area contributed by atoms with Crippen LogP contribution >= 0.6 is 11.3 Å². The summed E-state index contributed by atoms with van der Waals surface area (Å²) in [7, 11) is 0. The molecule has 8 heteroatoms. The molecule has 0 saturated carbocycles. The number of alkyl halides is 1. The quantitative estimate of drug-likeness (QED) is 0.633. The van der Waals surface area contributed by atoms with Gasteiger partial charge in [-0.15, -0.1) is 0 Å². The third-order valence-electron chi connectivity index (χ3n) is 5.57. The molecule has 0 unspecified atom stereocenters. The van der Waals surface area contributed by atoms with Crippen molar-refractivity contribution in [1.29, 1.82) is 0 Å². The SMILES string of the molecule is C[C@@H](CC(=O)[C@H]1CCCN1c1nc2c(=O)[nH]c(C(C)(C)F)nc2s1)c1ccccc1. The molecule has 0 radical (unpaired) electrons. The highest BCUT2D eigenvalue weighted by Crippen LogP contribution is 2.34. The lowest BCUT2D eigenvalue weighted by molar-refractivity contribution is -0.120. The Labute approximate surface area is 178 Å². The van der Waals surface area contributed by atoms with Gasteiger partial charge in [-0.05, 0) is 38.2 Å². The molecule has 0 spiro atoms. The topological polar surface area (TPSA) is 79.0 Å². The van der Waals surface area contributed by atoms with Gasteiger partial charge >= 0.3 is 0 Å². The molecule has 0 aliphatic carbocycles. The molecule has 1 fully saturated rings. The number of carbonyl (C=O) groups excluding carboxylic acids is 1. The molecule has 158 valence electrons. The van der Waals surface area contributed by atoms with E-state index in [2.05, 4.69) is 21.9 Å². The number of rotatable bonds is 6. The number of ketones is 1. The molecule has 1 aliphatic heterocycles.